The van der Waals surface area contributed by atoms with E-state index in [2.05, 4.69) is 26.8 Å². The Bertz CT molecular complexity index is 1210. The maximum Gasteiger partial charge on any atom is 0.215 e. The van der Waals surface area contributed by atoms with Crippen LogP contribution in [0.25, 0.3) is 16.7 Å². The van der Waals surface area contributed by atoms with Gasteiger partial charge in [-0.1, -0.05) is 5.92 Å². The second kappa shape index (κ2) is 6.61. The molecule has 6 nitrogen and oxygen atoms in total. The topological polar surface area (TPSA) is 61.5 Å². The molecule has 27 heavy (non-hydrogen) atoms. The van der Waals surface area contributed by atoms with Gasteiger partial charge >= 0.3 is 0 Å². The van der Waals surface area contributed by atoms with Crippen molar-refractivity contribution < 1.29 is 9.47 Å². The van der Waals surface area contributed by atoms with Gasteiger partial charge in [0.2, 0.25) is 5.88 Å². The second-order valence-electron chi connectivity index (χ2n) is 6.08. The average molecular weight is 358 g/mol. The number of pyridine rings is 1. The summed E-state index contributed by atoms with van der Waals surface area (Å²) in [6.07, 6.45) is 0. The highest BCUT2D eigenvalue weighted by molar-refractivity contribution is 5.78. The molecule has 0 saturated carbocycles. The Labute approximate surface area is 156 Å². The summed E-state index contributed by atoms with van der Waals surface area (Å²) < 4.78 is 12.4. The van der Waals surface area contributed by atoms with Gasteiger partial charge in [-0.3, -0.25) is 4.40 Å². The lowest BCUT2D eigenvalue weighted by atomic mass is 10.2. The first kappa shape index (κ1) is 16.9. The minimum Gasteiger partial charge on any atom is -0.497 e. The van der Waals surface area contributed by atoms with E-state index in [-0.39, 0.29) is 0 Å². The van der Waals surface area contributed by atoms with Crippen molar-refractivity contribution in [2.24, 2.45) is 0 Å². The van der Waals surface area contributed by atoms with E-state index < -0.39 is 0 Å². The van der Waals surface area contributed by atoms with Crippen LogP contribution in [0.4, 0.5) is 0 Å². The normalized spacial score (nSPS) is 10.7. The highest BCUT2D eigenvalue weighted by atomic mass is 16.5. The van der Waals surface area contributed by atoms with Crippen LogP contribution in [0.5, 0.6) is 11.6 Å². The zero-order valence-corrected chi connectivity index (χ0v) is 15.6. The number of imidazole rings is 1. The van der Waals surface area contributed by atoms with Crippen LogP contribution in [0.2, 0.25) is 0 Å². The van der Waals surface area contributed by atoms with Gasteiger partial charge < -0.3 is 9.47 Å². The molecule has 0 atom stereocenters. The minimum atomic E-state index is 0.523. The lowest BCUT2D eigenvalue weighted by Gasteiger charge is -2.07. The molecule has 4 aromatic rings. The van der Waals surface area contributed by atoms with Crippen LogP contribution in [0, 0.1) is 25.7 Å². The number of hydrogen-bond acceptors (Lipinski definition) is 5. The third-order valence-electron chi connectivity index (χ3n) is 4.34. The standard InChI is InChI=1S/C21H18N4O2/c1-13-20-14(2)23-18(11-7-15-5-8-16(26-3)9-6-15)25(20)21-17(22-13)10-12-19(24-21)27-4/h5-6,8-10,12H,1-4H3. The summed E-state index contributed by atoms with van der Waals surface area (Å²) in [6.45, 7) is 3.92. The summed E-state index contributed by atoms with van der Waals surface area (Å²) in [6, 6.07) is 11.3. The number of aromatic nitrogens is 4. The zero-order chi connectivity index (χ0) is 19.0. The van der Waals surface area contributed by atoms with E-state index in [1.165, 1.54) is 0 Å². The number of nitrogens with zero attached hydrogens (tertiary/aromatic N) is 4. The lowest BCUT2D eigenvalue weighted by Crippen LogP contribution is -2.01. The van der Waals surface area contributed by atoms with E-state index in [0.717, 1.165) is 33.7 Å². The number of fused-ring (bicyclic) bond motifs is 3. The fraction of sp³-hybridized carbons (Fsp3) is 0.190. The molecule has 0 aliphatic rings. The zero-order valence-electron chi connectivity index (χ0n) is 15.6. The highest BCUT2D eigenvalue weighted by Crippen LogP contribution is 2.23. The summed E-state index contributed by atoms with van der Waals surface area (Å²) in [5.74, 6) is 8.27. The molecular formula is C21H18N4O2. The molecule has 0 spiro atoms. The van der Waals surface area contributed by atoms with Crippen molar-refractivity contribution in [2.75, 3.05) is 14.2 Å². The predicted octanol–water partition coefficient (Wildman–Crippen LogP) is 3.31. The van der Waals surface area contributed by atoms with Crippen molar-refractivity contribution in [3.05, 3.63) is 59.2 Å². The molecule has 4 rings (SSSR count). The van der Waals surface area contributed by atoms with E-state index in [1.807, 2.05) is 48.6 Å². The molecule has 0 amide bonds. The fourth-order valence-corrected chi connectivity index (χ4v) is 3.07. The van der Waals surface area contributed by atoms with E-state index in [4.69, 9.17) is 9.47 Å². The van der Waals surface area contributed by atoms with Crippen LogP contribution < -0.4 is 9.47 Å². The number of aryl methyl sites for hydroxylation is 2. The third kappa shape index (κ3) is 2.93. The van der Waals surface area contributed by atoms with Gasteiger partial charge in [-0.05, 0) is 50.1 Å². The molecule has 0 N–H and O–H groups in total. The van der Waals surface area contributed by atoms with Crippen LogP contribution in [-0.2, 0) is 0 Å². The fourth-order valence-electron chi connectivity index (χ4n) is 3.07. The van der Waals surface area contributed by atoms with Crippen LogP contribution >= 0.6 is 0 Å². The van der Waals surface area contributed by atoms with Gasteiger partial charge in [-0.15, -0.1) is 0 Å². The Kier molecular flexibility index (Phi) is 4.13. The van der Waals surface area contributed by atoms with Crippen molar-refractivity contribution in [1.29, 1.82) is 0 Å². The molecule has 0 aliphatic heterocycles. The molecule has 0 saturated heterocycles. The first-order valence-corrected chi connectivity index (χ1v) is 8.47. The summed E-state index contributed by atoms with van der Waals surface area (Å²) in [7, 11) is 3.24. The van der Waals surface area contributed by atoms with Gasteiger partial charge in [-0.25, -0.2) is 9.97 Å². The van der Waals surface area contributed by atoms with E-state index in [0.29, 0.717) is 17.4 Å². The molecule has 3 heterocycles. The third-order valence-corrected chi connectivity index (χ3v) is 4.34. The number of benzene rings is 1. The number of rotatable bonds is 2. The number of hydrogen-bond donors (Lipinski definition) is 0. The van der Waals surface area contributed by atoms with Gasteiger partial charge in [-0.2, -0.15) is 4.98 Å². The summed E-state index contributed by atoms with van der Waals surface area (Å²) >= 11 is 0. The molecule has 0 fully saturated rings. The Morgan fingerprint density at radius 2 is 1.56 bits per heavy atom. The predicted molar refractivity (Wildman–Crippen MR) is 103 cm³/mol. The maximum atomic E-state index is 5.28. The molecule has 0 radical (unpaired) electrons. The van der Waals surface area contributed by atoms with Gasteiger partial charge in [0.05, 0.1) is 31.1 Å². The number of ether oxygens (including phenoxy) is 2. The van der Waals surface area contributed by atoms with Crippen molar-refractivity contribution in [2.45, 2.75) is 13.8 Å². The molecule has 3 aromatic heterocycles. The van der Waals surface area contributed by atoms with Crippen LogP contribution in [0.15, 0.2) is 36.4 Å². The molecular weight excluding hydrogens is 340 g/mol. The Morgan fingerprint density at radius 1 is 0.815 bits per heavy atom. The van der Waals surface area contributed by atoms with Crippen LogP contribution in [-0.4, -0.2) is 33.6 Å². The molecule has 134 valence electrons. The number of methoxy groups -OCH3 is 2. The van der Waals surface area contributed by atoms with Crippen LogP contribution in [0.1, 0.15) is 22.8 Å². The molecule has 6 heteroatoms. The van der Waals surface area contributed by atoms with Crippen LogP contribution in [0.3, 0.4) is 0 Å². The summed E-state index contributed by atoms with van der Waals surface area (Å²) in [4.78, 5) is 13.9. The highest BCUT2D eigenvalue weighted by Gasteiger charge is 2.15. The smallest absolute Gasteiger partial charge is 0.215 e. The van der Waals surface area contributed by atoms with E-state index in [9.17, 15) is 0 Å². The Morgan fingerprint density at radius 3 is 2.26 bits per heavy atom. The molecule has 1 aromatic carbocycles. The Hall–Kier alpha value is -3.59. The largest absolute Gasteiger partial charge is 0.497 e. The summed E-state index contributed by atoms with van der Waals surface area (Å²) in [5, 5.41) is 0. The van der Waals surface area contributed by atoms with Crippen molar-refractivity contribution in [3.63, 3.8) is 0 Å². The SMILES string of the molecule is COc1ccc(C#Cc2nc(C)c3c(C)nc4ccc(OC)nc4n23)cc1. The molecule has 0 aliphatic carbocycles. The average Bonchev–Trinajstić information content (AvgIpc) is 3.04. The van der Waals surface area contributed by atoms with Gasteiger partial charge in [0, 0.05) is 11.6 Å². The van der Waals surface area contributed by atoms with Crippen molar-refractivity contribution in [1.82, 2.24) is 19.4 Å². The van der Waals surface area contributed by atoms with E-state index in [1.54, 1.807) is 20.3 Å². The van der Waals surface area contributed by atoms with Crippen molar-refractivity contribution >= 4 is 16.7 Å². The molecule has 0 unspecified atom stereocenters. The van der Waals surface area contributed by atoms with Gasteiger partial charge in [0.25, 0.3) is 0 Å². The summed E-state index contributed by atoms with van der Waals surface area (Å²) in [5.41, 5.74) is 5.00. The quantitative estimate of drug-likeness (QED) is 0.515. The van der Waals surface area contributed by atoms with Crippen molar-refractivity contribution in [3.8, 4) is 23.5 Å². The maximum absolute atomic E-state index is 5.28. The second-order valence-corrected chi connectivity index (χ2v) is 6.08. The van der Waals surface area contributed by atoms with E-state index >= 15 is 0 Å². The van der Waals surface area contributed by atoms with Gasteiger partial charge in [0.15, 0.2) is 11.5 Å². The Balaban J connectivity index is 1.94. The van der Waals surface area contributed by atoms with Gasteiger partial charge in [0.1, 0.15) is 11.3 Å². The monoisotopic (exact) mass is 358 g/mol. The molecule has 0 bridgehead atoms. The minimum absolute atomic E-state index is 0.523. The first-order valence-electron chi connectivity index (χ1n) is 8.47. The first-order chi connectivity index (χ1) is 13.1. The lowest BCUT2D eigenvalue weighted by molar-refractivity contribution is 0.399.